The molecule has 4 nitrogen and oxygen atoms in total. The van der Waals surface area contributed by atoms with Crippen molar-refractivity contribution in [3.63, 3.8) is 0 Å². The van der Waals surface area contributed by atoms with Crippen LogP contribution in [-0.2, 0) is 4.79 Å². The lowest BCUT2D eigenvalue weighted by Gasteiger charge is -2.05. The van der Waals surface area contributed by atoms with Crippen LogP contribution in [0, 0.1) is 0 Å². The molecule has 0 saturated carbocycles. The van der Waals surface area contributed by atoms with Crippen LogP contribution < -0.4 is 10.9 Å². The van der Waals surface area contributed by atoms with Crippen molar-refractivity contribution in [3.05, 3.63) is 22.4 Å². The van der Waals surface area contributed by atoms with Gasteiger partial charge in [0.1, 0.15) is 0 Å². The van der Waals surface area contributed by atoms with Gasteiger partial charge in [-0.2, -0.15) is 0 Å². The third-order valence-electron chi connectivity index (χ3n) is 2.07. The number of carbonyl (C=O) groups excluding carboxylic acids is 2. The molecule has 0 aliphatic rings. The van der Waals surface area contributed by atoms with E-state index >= 15 is 0 Å². The lowest BCUT2D eigenvalue weighted by atomic mass is 10.2. The van der Waals surface area contributed by atoms with Crippen LogP contribution in [-0.4, -0.2) is 11.8 Å². The van der Waals surface area contributed by atoms with Gasteiger partial charge in [-0.25, -0.2) is 0 Å². The Morgan fingerprint density at radius 3 is 2.75 bits per heavy atom. The predicted octanol–water partition coefficient (Wildman–Crippen LogP) is 2.09. The Bertz CT molecular complexity index is 336. The molecule has 1 aromatic heterocycles. The minimum Gasteiger partial charge on any atom is -0.273 e. The van der Waals surface area contributed by atoms with Crippen LogP contribution >= 0.6 is 11.3 Å². The van der Waals surface area contributed by atoms with E-state index in [1.807, 2.05) is 5.38 Å². The Hall–Kier alpha value is -1.36. The van der Waals surface area contributed by atoms with Crippen molar-refractivity contribution >= 4 is 23.2 Å². The molecule has 0 radical (unpaired) electrons. The number of amides is 2. The van der Waals surface area contributed by atoms with Gasteiger partial charge in [-0.1, -0.05) is 25.8 Å². The summed E-state index contributed by atoms with van der Waals surface area (Å²) in [5.74, 6) is -0.405. The zero-order valence-corrected chi connectivity index (χ0v) is 10.1. The van der Waals surface area contributed by atoms with E-state index in [2.05, 4.69) is 17.8 Å². The molecule has 88 valence electrons. The second kappa shape index (κ2) is 7.00. The van der Waals surface area contributed by atoms with E-state index < -0.39 is 0 Å². The number of hydrazine groups is 1. The van der Waals surface area contributed by atoms with Crippen LogP contribution in [0.4, 0.5) is 0 Å². The first-order chi connectivity index (χ1) is 7.74. The average molecular weight is 240 g/mol. The molecule has 0 aliphatic heterocycles. The molecule has 5 heteroatoms. The van der Waals surface area contributed by atoms with E-state index in [-0.39, 0.29) is 11.8 Å². The molecule has 16 heavy (non-hydrogen) atoms. The van der Waals surface area contributed by atoms with Gasteiger partial charge in [0, 0.05) is 6.42 Å². The van der Waals surface area contributed by atoms with Crippen molar-refractivity contribution in [1.29, 1.82) is 0 Å². The zero-order chi connectivity index (χ0) is 11.8. The largest absolute Gasteiger partial charge is 0.279 e. The highest BCUT2D eigenvalue weighted by atomic mass is 32.1. The first-order valence-electron chi connectivity index (χ1n) is 5.36. The molecule has 2 amide bonds. The number of thiophene rings is 1. The molecule has 0 fully saturated rings. The number of hydrogen-bond acceptors (Lipinski definition) is 3. The van der Waals surface area contributed by atoms with E-state index in [0.717, 1.165) is 19.3 Å². The lowest BCUT2D eigenvalue weighted by Crippen LogP contribution is -2.41. The lowest BCUT2D eigenvalue weighted by molar-refractivity contribution is -0.121. The summed E-state index contributed by atoms with van der Waals surface area (Å²) in [5, 5.41) is 1.82. The van der Waals surface area contributed by atoms with Gasteiger partial charge in [-0.15, -0.1) is 11.3 Å². The first-order valence-corrected chi connectivity index (χ1v) is 6.24. The maximum atomic E-state index is 11.4. The molecule has 0 aliphatic carbocycles. The Labute approximate surface area is 99.0 Å². The maximum absolute atomic E-state index is 11.4. The highest BCUT2D eigenvalue weighted by Gasteiger charge is 2.07. The summed E-state index contributed by atoms with van der Waals surface area (Å²) in [6, 6.07) is 3.51. The van der Waals surface area contributed by atoms with E-state index in [1.165, 1.54) is 11.3 Å². The van der Waals surface area contributed by atoms with Gasteiger partial charge in [0.05, 0.1) is 4.88 Å². The molecule has 0 unspecified atom stereocenters. The van der Waals surface area contributed by atoms with Gasteiger partial charge in [0.15, 0.2) is 0 Å². The number of unbranched alkanes of at least 4 members (excludes halogenated alkanes) is 2. The molecule has 0 spiro atoms. The number of carbonyl (C=O) groups is 2. The molecule has 0 saturated heterocycles. The number of hydrogen-bond donors (Lipinski definition) is 2. The third-order valence-corrected chi connectivity index (χ3v) is 2.94. The van der Waals surface area contributed by atoms with Gasteiger partial charge in [0.25, 0.3) is 5.91 Å². The van der Waals surface area contributed by atoms with E-state index in [1.54, 1.807) is 12.1 Å². The standard InChI is InChI=1S/C11H16N2O2S/c1-2-3-4-7-10(14)12-13-11(15)9-6-5-8-16-9/h5-6,8H,2-4,7H2,1H3,(H,12,14)(H,13,15). The average Bonchev–Trinajstić information content (AvgIpc) is 2.79. The van der Waals surface area contributed by atoms with Crippen LogP contribution in [0.15, 0.2) is 17.5 Å². The van der Waals surface area contributed by atoms with Crippen molar-refractivity contribution in [2.24, 2.45) is 0 Å². The van der Waals surface area contributed by atoms with Crippen LogP contribution in [0.2, 0.25) is 0 Å². The van der Waals surface area contributed by atoms with Crippen molar-refractivity contribution < 1.29 is 9.59 Å². The molecular weight excluding hydrogens is 224 g/mol. The SMILES string of the molecule is CCCCCC(=O)NNC(=O)c1cccs1. The minimum atomic E-state index is -0.265. The maximum Gasteiger partial charge on any atom is 0.279 e. The molecule has 1 heterocycles. The monoisotopic (exact) mass is 240 g/mol. The minimum absolute atomic E-state index is 0.140. The summed E-state index contributed by atoms with van der Waals surface area (Å²) < 4.78 is 0. The zero-order valence-electron chi connectivity index (χ0n) is 9.29. The fourth-order valence-electron chi connectivity index (χ4n) is 1.19. The van der Waals surface area contributed by atoms with Gasteiger partial charge < -0.3 is 0 Å². The molecule has 0 aromatic carbocycles. The van der Waals surface area contributed by atoms with Gasteiger partial charge in [0.2, 0.25) is 5.91 Å². The summed E-state index contributed by atoms with van der Waals surface area (Å²) in [5.41, 5.74) is 4.78. The van der Waals surface area contributed by atoms with Crippen molar-refractivity contribution in [2.45, 2.75) is 32.6 Å². The van der Waals surface area contributed by atoms with Crippen LogP contribution in [0.1, 0.15) is 42.3 Å². The second-order valence-corrected chi connectivity index (χ2v) is 4.38. The number of rotatable bonds is 5. The van der Waals surface area contributed by atoms with Crippen molar-refractivity contribution in [1.82, 2.24) is 10.9 Å². The second-order valence-electron chi connectivity index (χ2n) is 3.44. The van der Waals surface area contributed by atoms with Crippen LogP contribution in [0.5, 0.6) is 0 Å². The fourth-order valence-corrected chi connectivity index (χ4v) is 1.81. The van der Waals surface area contributed by atoms with E-state index in [9.17, 15) is 9.59 Å². The van der Waals surface area contributed by atoms with Crippen LogP contribution in [0.25, 0.3) is 0 Å². The molecule has 1 aromatic rings. The number of nitrogens with one attached hydrogen (secondary N) is 2. The normalized spacial score (nSPS) is 9.81. The highest BCUT2D eigenvalue weighted by molar-refractivity contribution is 7.12. The van der Waals surface area contributed by atoms with Gasteiger partial charge in [-0.05, 0) is 17.9 Å². The molecule has 0 bridgehead atoms. The molecule has 2 N–H and O–H groups in total. The predicted molar refractivity (Wildman–Crippen MR) is 64.1 cm³/mol. The Balaban J connectivity index is 2.19. The summed E-state index contributed by atoms with van der Waals surface area (Å²) >= 11 is 1.34. The quantitative estimate of drug-likeness (QED) is 0.611. The van der Waals surface area contributed by atoms with Gasteiger partial charge >= 0.3 is 0 Å². The fraction of sp³-hybridized carbons (Fsp3) is 0.455. The molecule has 0 atom stereocenters. The van der Waals surface area contributed by atoms with Crippen LogP contribution in [0.3, 0.4) is 0 Å². The summed E-state index contributed by atoms with van der Waals surface area (Å²) in [4.78, 5) is 23.3. The van der Waals surface area contributed by atoms with E-state index in [0.29, 0.717) is 11.3 Å². The molecular formula is C11H16N2O2S. The third kappa shape index (κ3) is 4.44. The highest BCUT2D eigenvalue weighted by Crippen LogP contribution is 2.07. The smallest absolute Gasteiger partial charge is 0.273 e. The molecule has 1 rings (SSSR count). The Kier molecular flexibility index (Phi) is 5.56. The summed E-state index contributed by atoms with van der Waals surface area (Å²) in [6.45, 7) is 2.08. The van der Waals surface area contributed by atoms with Crippen molar-refractivity contribution in [3.8, 4) is 0 Å². The summed E-state index contributed by atoms with van der Waals surface area (Å²) in [7, 11) is 0. The van der Waals surface area contributed by atoms with Gasteiger partial charge in [-0.3, -0.25) is 20.4 Å². The Morgan fingerprint density at radius 2 is 2.12 bits per heavy atom. The first kappa shape index (κ1) is 12.7. The topological polar surface area (TPSA) is 58.2 Å². The van der Waals surface area contributed by atoms with E-state index in [4.69, 9.17) is 0 Å². The Morgan fingerprint density at radius 1 is 1.31 bits per heavy atom. The summed E-state index contributed by atoms with van der Waals surface area (Å²) in [6.07, 6.45) is 3.43. The van der Waals surface area contributed by atoms with Crippen molar-refractivity contribution in [2.75, 3.05) is 0 Å².